The minimum absolute atomic E-state index is 0.107. The lowest BCUT2D eigenvalue weighted by Crippen LogP contribution is -2.36. The van der Waals surface area contributed by atoms with Gasteiger partial charge in [0.15, 0.2) is 5.65 Å². The topological polar surface area (TPSA) is 110 Å². The van der Waals surface area contributed by atoms with E-state index in [1.807, 2.05) is 56.3 Å². The van der Waals surface area contributed by atoms with Crippen LogP contribution in [0, 0.1) is 19.7 Å². The summed E-state index contributed by atoms with van der Waals surface area (Å²) in [6, 6.07) is 17.4. The Morgan fingerprint density at radius 2 is 1.77 bits per heavy atom. The fourth-order valence-electron chi connectivity index (χ4n) is 5.13. The first-order chi connectivity index (χ1) is 19.2. The highest BCUT2D eigenvalue weighted by atomic mass is 19.1. The fraction of sp³-hybridized carbons (Fsp3) is 0.226. The van der Waals surface area contributed by atoms with Gasteiger partial charge in [-0.3, -0.25) is 4.79 Å². The van der Waals surface area contributed by atoms with Crippen LogP contribution in [-0.4, -0.2) is 37.3 Å². The van der Waals surface area contributed by atoms with E-state index >= 15 is 0 Å². The number of phenolic OH excluding ortho intramolecular Hbond substituents is 1. The molecule has 8 nitrogen and oxygen atoms in total. The highest BCUT2D eigenvalue weighted by Crippen LogP contribution is 2.33. The summed E-state index contributed by atoms with van der Waals surface area (Å²) in [6.45, 7) is 8.63. The number of fused-ring (bicyclic) bond motifs is 1. The highest BCUT2D eigenvalue weighted by Gasteiger charge is 2.25. The number of nitrogens with two attached hydrogens (primary N) is 1. The number of anilines is 2. The second-order valence-electron chi connectivity index (χ2n) is 10.2. The Kier molecular flexibility index (Phi) is 7.21. The molecule has 5 aromatic rings. The molecule has 5 rings (SSSR count). The van der Waals surface area contributed by atoms with Gasteiger partial charge in [0, 0.05) is 29.4 Å². The lowest BCUT2D eigenvalue weighted by Gasteiger charge is -2.28. The Morgan fingerprint density at radius 1 is 1.05 bits per heavy atom. The zero-order valence-electron chi connectivity index (χ0n) is 22.9. The van der Waals surface area contributed by atoms with Crippen molar-refractivity contribution in [1.82, 2.24) is 19.7 Å². The Morgan fingerprint density at radius 3 is 2.48 bits per heavy atom. The number of phenols is 1. The number of amides is 1. The number of benzene rings is 3. The number of halogens is 1. The van der Waals surface area contributed by atoms with E-state index in [0.717, 1.165) is 28.4 Å². The maximum Gasteiger partial charge on any atom is 0.258 e. The monoisotopic (exact) mass is 538 g/mol. The maximum absolute atomic E-state index is 14.2. The molecule has 9 heteroatoms. The molecule has 0 fully saturated rings. The van der Waals surface area contributed by atoms with E-state index in [9.17, 15) is 14.3 Å². The molecule has 0 aliphatic heterocycles. The summed E-state index contributed by atoms with van der Waals surface area (Å²) in [6.07, 6.45) is 1.34. The summed E-state index contributed by atoms with van der Waals surface area (Å²) in [5.74, 6) is -0.574. The number of nitrogens with zero attached hydrogens (tertiary/aromatic N) is 5. The highest BCUT2D eigenvalue weighted by molar-refractivity contribution is 6.08. The van der Waals surface area contributed by atoms with Crippen LogP contribution in [0.5, 0.6) is 5.75 Å². The van der Waals surface area contributed by atoms with Crippen molar-refractivity contribution in [2.24, 2.45) is 0 Å². The van der Waals surface area contributed by atoms with E-state index in [2.05, 4.69) is 23.8 Å². The molecule has 3 N–H and O–H groups in total. The van der Waals surface area contributed by atoms with Crippen molar-refractivity contribution in [2.75, 3.05) is 17.2 Å². The van der Waals surface area contributed by atoms with Gasteiger partial charge in [0.25, 0.3) is 5.91 Å². The molecule has 0 aliphatic carbocycles. The van der Waals surface area contributed by atoms with Crippen molar-refractivity contribution in [1.29, 1.82) is 0 Å². The van der Waals surface area contributed by atoms with Gasteiger partial charge in [-0.2, -0.15) is 5.10 Å². The average Bonchev–Trinajstić information content (AvgIpc) is 3.28. The Labute approximate surface area is 231 Å². The molecular weight excluding hydrogens is 507 g/mol. The molecule has 0 saturated carbocycles. The number of aromatic hydroxyl groups is 1. The van der Waals surface area contributed by atoms with Gasteiger partial charge >= 0.3 is 0 Å². The van der Waals surface area contributed by atoms with Crippen molar-refractivity contribution >= 4 is 28.4 Å². The second-order valence-corrected chi connectivity index (χ2v) is 10.2. The van der Waals surface area contributed by atoms with Gasteiger partial charge in [-0.05, 0) is 54.7 Å². The first-order valence-electron chi connectivity index (χ1n) is 13.1. The molecule has 1 amide bonds. The summed E-state index contributed by atoms with van der Waals surface area (Å²) in [4.78, 5) is 24.5. The van der Waals surface area contributed by atoms with E-state index in [0.29, 0.717) is 27.9 Å². The lowest BCUT2D eigenvalue weighted by molar-refractivity contribution is 0.0984. The van der Waals surface area contributed by atoms with Crippen LogP contribution in [0.25, 0.3) is 22.3 Å². The van der Waals surface area contributed by atoms with Gasteiger partial charge in [-0.25, -0.2) is 19.0 Å². The van der Waals surface area contributed by atoms with Gasteiger partial charge in [-0.1, -0.05) is 50.2 Å². The van der Waals surface area contributed by atoms with Crippen molar-refractivity contribution in [3.63, 3.8) is 0 Å². The van der Waals surface area contributed by atoms with Crippen molar-refractivity contribution in [2.45, 2.75) is 40.2 Å². The minimum Gasteiger partial charge on any atom is -0.508 e. The Balaban J connectivity index is 1.61. The molecular formula is C31H31FN6O2. The number of carbonyl (C=O) groups excluding carboxylic acids is 1. The molecule has 2 heterocycles. The normalized spacial score (nSPS) is 11.3. The van der Waals surface area contributed by atoms with Crippen LogP contribution in [0.3, 0.4) is 0 Å². The van der Waals surface area contributed by atoms with Gasteiger partial charge < -0.3 is 15.7 Å². The largest absolute Gasteiger partial charge is 0.508 e. The number of aromatic nitrogens is 4. The molecule has 0 bridgehead atoms. The van der Waals surface area contributed by atoms with Crippen LogP contribution in [0.2, 0.25) is 0 Å². The van der Waals surface area contributed by atoms with Crippen LogP contribution < -0.4 is 10.6 Å². The number of para-hydroxylation sites is 1. The second kappa shape index (κ2) is 10.8. The Hall–Kier alpha value is -4.79. The van der Waals surface area contributed by atoms with E-state index in [-0.39, 0.29) is 36.5 Å². The molecule has 3 aromatic carbocycles. The van der Waals surface area contributed by atoms with Crippen LogP contribution in [-0.2, 0) is 6.54 Å². The maximum atomic E-state index is 14.2. The number of aryl methyl sites for hydroxylation is 2. The van der Waals surface area contributed by atoms with Crippen LogP contribution in [0.4, 0.5) is 15.9 Å². The summed E-state index contributed by atoms with van der Waals surface area (Å²) in [7, 11) is 0. The third-order valence-electron chi connectivity index (χ3n) is 7.04. The Bertz CT molecular complexity index is 1690. The van der Waals surface area contributed by atoms with Crippen molar-refractivity contribution < 1.29 is 14.3 Å². The van der Waals surface area contributed by atoms with Gasteiger partial charge in [-0.15, -0.1) is 0 Å². The zero-order chi connectivity index (χ0) is 28.6. The van der Waals surface area contributed by atoms with Crippen LogP contribution in [0.1, 0.15) is 46.8 Å². The first-order valence-corrected chi connectivity index (χ1v) is 13.1. The molecule has 2 aromatic heterocycles. The molecule has 0 radical (unpaired) electrons. The molecule has 40 heavy (non-hydrogen) atoms. The van der Waals surface area contributed by atoms with E-state index < -0.39 is 5.82 Å². The molecule has 0 saturated heterocycles. The molecule has 0 aliphatic rings. The summed E-state index contributed by atoms with van der Waals surface area (Å²) in [5, 5.41) is 15.2. The van der Waals surface area contributed by atoms with E-state index in [1.165, 1.54) is 18.5 Å². The van der Waals surface area contributed by atoms with Crippen LogP contribution >= 0.6 is 0 Å². The number of hydrogen-bond acceptors (Lipinski definition) is 6. The number of nitrogen functional groups attached to an aromatic ring is 1. The van der Waals surface area contributed by atoms with E-state index in [4.69, 9.17) is 10.8 Å². The van der Waals surface area contributed by atoms with Crippen LogP contribution in [0.15, 0.2) is 67.0 Å². The quantitative estimate of drug-likeness (QED) is 0.263. The summed E-state index contributed by atoms with van der Waals surface area (Å²) < 4.78 is 15.8. The lowest BCUT2D eigenvalue weighted by atomic mass is 9.98. The standard InChI is InChI=1S/C31H31FN6O2/c1-18(2)24-10-5-6-11-25(24)37(31(40)26-19(3)8-7-9-20(26)4)12-13-38-30-27(29(33)34-17-35-30)28(36-38)21-14-22(32)16-23(39)15-21/h5-11,14-18,39H,12-13H2,1-4H3,(H2,33,34,35). The number of hydrogen-bond donors (Lipinski definition) is 2. The summed E-state index contributed by atoms with van der Waals surface area (Å²) in [5.41, 5.74) is 11.7. The third kappa shape index (κ3) is 4.98. The van der Waals surface area contributed by atoms with E-state index in [1.54, 1.807) is 9.58 Å². The van der Waals surface area contributed by atoms with Crippen molar-refractivity contribution in [3.05, 3.63) is 95.1 Å². The first kappa shape index (κ1) is 26.8. The number of rotatable bonds is 7. The van der Waals surface area contributed by atoms with Gasteiger partial charge in [0.05, 0.1) is 11.9 Å². The fourth-order valence-corrected chi connectivity index (χ4v) is 5.13. The van der Waals surface area contributed by atoms with Gasteiger partial charge in [0.1, 0.15) is 29.4 Å². The minimum atomic E-state index is -0.608. The summed E-state index contributed by atoms with van der Waals surface area (Å²) >= 11 is 0. The predicted molar refractivity (Wildman–Crippen MR) is 155 cm³/mol. The molecule has 0 atom stereocenters. The third-order valence-corrected chi connectivity index (χ3v) is 7.04. The SMILES string of the molecule is Cc1cccc(C)c1C(=O)N(CCn1nc(-c2cc(O)cc(F)c2)c2c(N)ncnc21)c1ccccc1C(C)C. The predicted octanol–water partition coefficient (Wildman–Crippen LogP) is 6.01. The number of carbonyl (C=O) groups is 1. The van der Waals surface area contributed by atoms with Crippen molar-refractivity contribution in [3.8, 4) is 17.0 Å². The molecule has 0 spiro atoms. The molecule has 204 valence electrons. The smallest absolute Gasteiger partial charge is 0.258 e. The average molecular weight is 539 g/mol. The zero-order valence-corrected chi connectivity index (χ0v) is 22.9. The van der Waals surface area contributed by atoms with Gasteiger partial charge in [0.2, 0.25) is 0 Å². The molecule has 0 unspecified atom stereocenters.